The number of rotatable bonds is 2. The molecule has 0 fully saturated rings. The quantitative estimate of drug-likeness (QED) is 0.169. The lowest BCUT2D eigenvalue weighted by Gasteiger charge is -2.43. The van der Waals surface area contributed by atoms with Gasteiger partial charge in [0.05, 0.1) is 28.1 Å². The van der Waals surface area contributed by atoms with Crippen molar-refractivity contribution in [2.24, 2.45) is 0 Å². The van der Waals surface area contributed by atoms with Crippen LogP contribution in [0.15, 0.2) is 100 Å². The van der Waals surface area contributed by atoms with E-state index >= 15 is 0 Å². The number of hydrogen-bond acceptors (Lipinski definition) is 3. The summed E-state index contributed by atoms with van der Waals surface area (Å²) in [6, 6.07) is 31.7. The van der Waals surface area contributed by atoms with Crippen LogP contribution in [0.4, 0.5) is 17.1 Å². The van der Waals surface area contributed by atoms with Crippen LogP contribution in [-0.2, 0) is 21.7 Å². The van der Waals surface area contributed by atoms with Crippen molar-refractivity contribution < 1.29 is 8.83 Å². The summed E-state index contributed by atoms with van der Waals surface area (Å²) in [5.74, 6) is 2.28. The maximum Gasteiger partial charge on any atom is 0.293 e. The second kappa shape index (κ2) is 9.99. The van der Waals surface area contributed by atoms with Crippen molar-refractivity contribution in [3.05, 3.63) is 114 Å². The molecule has 0 saturated heterocycles. The van der Waals surface area contributed by atoms with Crippen LogP contribution in [0.25, 0.3) is 38.6 Å². The third-order valence-electron chi connectivity index (χ3n) is 13.8. The third-order valence-corrected chi connectivity index (χ3v) is 13.8. The molecule has 0 radical (unpaired) electrons. The first-order chi connectivity index (χ1) is 25.3. The number of aromatic nitrogens is 1. The lowest BCUT2D eigenvalue weighted by molar-refractivity contribution is 0.278. The molecular weight excluding hydrogens is 647 g/mol. The first kappa shape index (κ1) is 31.6. The van der Waals surface area contributed by atoms with E-state index in [-0.39, 0.29) is 28.4 Å². The number of hydrogen-bond donors (Lipinski definition) is 0. The second-order valence-corrected chi connectivity index (χ2v) is 19.0. The van der Waals surface area contributed by atoms with Crippen molar-refractivity contribution in [3.63, 3.8) is 0 Å². The summed E-state index contributed by atoms with van der Waals surface area (Å²) in [4.78, 5) is 2.62. The van der Waals surface area contributed by atoms with E-state index < -0.39 is 0 Å². The van der Waals surface area contributed by atoms with Gasteiger partial charge in [-0.15, -0.1) is 0 Å². The summed E-state index contributed by atoms with van der Waals surface area (Å²) in [5, 5.41) is 2.55. The molecule has 2 aliphatic carbocycles. The molecule has 0 atom stereocenters. The van der Waals surface area contributed by atoms with Crippen LogP contribution in [0.3, 0.4) is 0 Å². The molecule has 2 aliphatic heterocycles. The Bertz CT molecular complexity index is 2660. The van der Waals surface area contributed by atoms with Crippen LogP contribution in [0.1, 0.15) is 104 Å². The molecular formula is C48H47BN2O2. The van der Waals surface area contributed by atoms with Crippen molar-refractivity contribution in [2.75, 3.05) is 4.90 Å². The summed E-state index contributed by atoms with van der Waals surface area (Å²) in [6.45, 7) is 19.2. The van der Waals surface area contributed by atoms with Gasteiger partial charge < -0.3 is 18.3 Å². The third kappa shape index (κ3) is 3.98. The van der Waals surface area contributed by atoms with Crippen LogP contribution < -0.4 is 21.5 Å². The van der Waals surface area contributed by atoms with Gasteiger partial charge in [0.25, 0.3) is 6.71 Å². The Labute approximate surface area is 312 Å². The van der Waals surface area contributed by atoms with Crippen molar-refractivity contribution in [1.29, 1.82) is 0 Å². The predicted molar refractivity (Wildman–Crippen MR) is 221 cm³/mol. The lowest BCUT2D eigenvalue weighted by atomic mass is 9.39. The smallest absolute Gasteiger partial charge is 0.293 e. The zero-order valence-electron chi connectivity index (χ0n) is 32.3. The van der Waals surface area contributed by atoms with Crippen molar-refractivity contribution >= 4 is 62.2 Å². The van der Waals surface area contributed by atoms with E-state index in [1.807, 2.05) is 0 Å². The molecule has 0 bridgehead atoms. The largest absolute Gasteiger partial charge is 0.472 e. The Kier molecular flexibility index (Phi) is 5.96. The van der Waals surface area contributed by atoms with Gasteiger partial charge >= 0.3 is 0 Å². The number of fused-ring (bicyclic) bond motifs is 11. The fraction of sp³-hybridized carbons (Fsp3) is 0.333. The molecule has 0 amide bonds. The van der Waals surface area contributed by atoms with Gasteiger partial charge in [-0.25, -0.2) is 0 Å². The van der Waals surface area contributed by atoms with E-state index in [1.54, 1.807) is 0 Å². The van der Waals surface area contributed by atoms with Crippen molar-refractivity contribution in [1.82, 2.24) is 4.57 Å². The summed E-state index contributed by atoms with van der Waals surface area (Å²) in [5.41, 5.74) is 16.1. The average Bonchev–Trinajstić information content (AvgIpc) is 3.91. The number of benzene rings is 4. The molecule has 53 heavy (non-hydrogen) atoms. The summed E-state index contributed by atoms with van der Waals surface area (Å²) in [6.07, 6.45) is 6.50. The highest BCUT2D eigenvalue weighted by atomic mass is 16.3. The van der Waals surface area contributed by atoms with Gasteiger partial charge in [-0.05, 0) is 77.4 Å². The second-order valence-electron chi connectivity index (χ2n) is 19.0. The fourth-order valence-corrected chi connectivity index (χ4v) is 10.8. The summed E-state index contributed by atoms with van der Waals surface area (Å²) in [7, 11) is 0. The zero-order chi connectivity index (χ0) is 36.4. The Morgan fingerprint density at radius 1 is 0.585 bits per heavy atom. The van der Waals surface area contributed by atoms with E-state index in [9.17, 15) is 0 Å². The lowest BCUT2D eigenvalue weighted by Crippen LogP contribution is -2.54. The van der Waals surface area contributed by atoms with Crippen LogP contribution >= 0.6 is 0 Å². The molecule has 0 unspecified atom stereocenters. The highest BCUT2D eigenvalue weighted by Gasteiger charge is 2.53. The molecule has 3 aromatic heterocycles. The van der Waals surface area contributed by atoms with Gasteiger partial charge in [0.1, 0.15) is 17.8 Å². The van der Waals surface area contributed by atoms with E-state index in [4.69, 9.17) is 8.83 Å². The monoisotopic (exact) mass is 694 g/mol. The first-order valence-electron chi connectivity index (χ1n) is 19.6. The van der Waals surface area contributed by atoms with Gasteiger partial charge in [-0.1, -0.05) is 122 Å². The Morgan fingerprint density at radius 2 is 1.17 bits per heavy atom. The van der Waals surface area contributed by atoms with Gasteiger partial charge in [0, 0.05) is 44.1 Å². The molecule has 5 heteroatoms. The number of furan rings is 2. The average molecular weight is 695 g/mol. The molecule has 264 valence electrons. The SMILES string of the molecule is CC1(C)CCC(C)(C)c2c(N3c4cc(-n5c6ccccc6c6ccccc65)cc5c4B(c4ccccc4-5)c4oc5c(c43)C(C)(C)CCC5(C)C)coc21. The maximum atomic E-state index is 7.44. The van der Waals surface area contributed by atoms with Crippen LogP contribution in [-0.4, -0.2) is 11.3 Å². The van der Waals surface area contributed by atoms with Crippen LogP contribution in [0.2, 0.25) is 0 Å². The van der Waals surface area contributed by atoms with Gasteiger partial charge in [-0.3, -0.25) is 0 Å². The molecule has 7 aromatic rings. The van der Waals surface area contributed by atoms with Crippen LogP contribution in [0.5, 0.6) is 0 Å². The van der Waals surface area contributed by atoms with E-state index in [1.165, 1.54) is 72.0 Å². The van der Waals surface area contributed by atoms with Gasteiger partial charge in [-0.2, -0.15) is 0 Å². The van der Waals surface area contributed by atoms with E-state index in [2.05, 4.69) is 156 Å². The maximum absolute atomic E-state index is 7.44. The fourth-order valence-electron chi connectivity index (χ4n) is 10.8. The Hall–Kier alpha value is -4.90. The van der Waals surface area contributed by atoms with E-state index in [0.29, 0.717) is 0 Å². The van der Waals surface area contributed by atoms with Crippen molar-refractivity contribution in [3.8, 4) is 16.8 Å². The standard InChI is InChI=1S/C48H47BN2O2/c1-45(2)21-23-47(5,6)42-38(45)37(27-52-42)51-36-26-28(50-34-19-13-10-16-30(34)31-17-11-14-20-35(31)50)25-32-29-15-9-12-18-33(29)49(40(32)36)44-41(51)39-43(53-44)48(7,8)24-22-46(39,3)4/h9-20,25-27H,21-24H2,1-8H3. The molecule has 0 saturated carbocycles. The highest BCUT2D eigenvalue weighted by molar-refractivity contribution is 7.00. The summed E-state index contributed by atoms with van der Waals surface area (Å²) >= 11 is 0. The zero-order valence-corrected chi connectivity index (χ0v) is 32.3. The first-order valence-corrected chi connectivity index (χ1v) is 19.6. The molecule has 0 spiro atoms. The molecule has 4 aromatic carbocycles. The molecule has 4 nitrogen and oxygen atoms in total. The van der Waals surface area contributed by atoms with Gasteiger partial charge in [0.15, 0.2) is 0 Å². The molecule has 11 rings (SSSR count). The van der Waals surface area contributed by atoms with Gasteiger partial charge in [0.2, 0.25) is 0 Å². The molecule has 4 aliphatic rings. The normalized spacial score (nSPS) is 19.5. The summed E-state index contributed by atoms with van der Waals surface area (Å²) < 4.78 is 16.7. The highest BCUT2D eigenvalue weighted by Crippen LogP contribution is 2.58. The number of nitrogens with zero attached hydrogens (tertiary/aromatic N) is 2. The number of anilines is 3. The minimum absolute atomic E-state index is 0.0130. The Balaban J connectivity index is 1.31. The topological polar surface area (TPSA) is 34.5 Å². The minimum atomic E-state index is -0.0772. The van der Waals surface area contributed by atoms with E-state index in [0.717, 1.165) is 48.6 Å². The minimum Gasteiger partial charge on any atom is -0.472 e. The number of para-hydroxylation sites is 2. The predicted octanol–water partition coefficient (Wildman–Crippen LogP) is 10.9. The van der Waals surface area contributed by atoms with Crippen molar-refractivity contribution in [2.45, 2.75) is 103 Å². The Morgan fingerprint density at radius 3 is 1.87 bits per heavy atom. The van der Waals surface area contributed by atoms with Crippen LogP contribution in [0, 0.1) is 0 Å². The molecule has 5 heterocycles. The molecule has 0 N–H and O–H groups in total.